The van der Waals surface area contributed by atoms with Crippen molar-refractivity contribution in [3.05, 3.63) is 53.3 Å². The maximum absolute atomic E-state index is 5.72. The molecule has 0 atom stereocenters. The average molecular weight is 271 g/mol. The zero-order chi connectivity index (χ0) is 13.2. The van der Waals surface area contributed by atoms with E-state index in [-0.39, 0.29) is 0 Å². The number of nitrogens with one attached hydrogen (secondary N) is 1. The number of anilines is 2. The number of pyridine rings is 1. The molecule has 1 N–H and O–H groups in total. The number of rotatable bonds is 2. The van der Waals surface area contributed by atoms with Gasteiger partial charge >= 0.3 is 0 Å². The second-order valence-electron chi connectivity index (χ2n) is 4.20. The Labute approximate surface area is 115 Å². The maximum atomic E-state index is 5.72. The number of aromatic nitrogens is 3. The molecule has 0 amide bonds. The summed E-state index contributed by atoms with van der Waals surface area (Å²) in [7, 11) is 0. The molecule has 2 heterocycles. The molecule has 0 aliphatic heterocycles. The van der Waals surface area contributed by atoms with E-state index in [0.717, 1.165) is 22.3 Å². The van der Waals surface area contributed by atoms with Crippen LogP contribution in [0.3, 0.4) is 0 Å². The van der Waals surface area contributed by atoms with Gasteiger partial charge in [-0.25, -0.2) is 0 Å². The molecular formula is C14H11ClN4. The lowest BCUT2D eigenvalue weighted by molar-refractivity contribution is 1.04. The summed E-state index contributed by atoms with van der Waals surface area (Å²) in [5.74, 6) is 0.639. The van der Waals surface area contributed by atoms with Crippen LogP contribution in [0.25, 0.3) is 10.9 Å². The van der Waals surface area contributed by atoms with E-state index in [1.54, 1.807) is 12.1 Å². The SMILES string of the molecule is Cc1ccc2cccc(Nc3ccc(Cl)nn3)c2n1. The smallest absolute Gasteiger partial charge is 0.153 e. The summed E-state index contributed by atoms with van der Waals surface area (Å²) < 4.78 is 0. The Morgan fingerprint density at radius 1 is 1.00 bits per heavy atom. The summed E-state index contributed by atoms with van der Waals surface area (Å²) in [6.07, 6.45) is 0. The van der Waals surface area contributed by atoms with Gasteiger partial charge in [-0.2, -0.15) is 0 Å². The third-order valence-corrected chi connectivity index (χ3v) is 2.96. The summed E-state index contributed by atoms with van der Waals surface area (Å²) in [5.41, 5.74) is 2.79. The lowest BCUT2D eigenvalue weighted by Gasteiger charge is -2.08. The number of aryl methyl sites for hydroxylation is 1. The van der Waals surface area contributed by atoms with E-state index in [1.807, 2.05) is 31.2 Å². The Balaban J connectivity index is 2.05. The van der Waals surface area contributed by atoms with E-state index in [9.17, 15) is 0 Å². The van der Waals surface area contributed by atoms with Gasteiger partial charge < -0.3 is 5.32 Å². The van der Waals surface area contributed by atoms with Crippen molar-refractivity contribution in [3.8, 4) is 0 Å². The van der Waals surface area contributed by atoms with Gasteiger partial charge in [0, 0.05) is 11.1 Å². The fourth-order valence-electron chi connectivity index (χ4n) is 1.87. The largest absolute Gasteiger partial charge is 0.337 e. The molecule has 2 aromatic heterocycles. The molecule has 0 radical (unpaired) electrons. The van der Waals surface area contributed by atoms with Gasteiger partial charge in [-0.15, -0.1) is 10.2 Å². The van der Waals surface area contributed by atoms with Crippen LogP contribution in [0.2, 0.25) is 5.15 Å². The summed E-state index contributed by atoms with van der Waals surface area (Å²) >= 11 is 5.72. The number of para-hydroxylation sites is 1. The molecule has 0 aliphatic rings. The highest BCUT2D eigenvalue weighted by atomic mass is 35.5. The lowest BCUT2D eigenvalue weighted by Crippen LogP contribution is -1.97. The molecule has 94 valence electrons. The molecule has 0 spiro atoms. The van der Waals surface area contributed by atoms with Crippen LogP contribution in [-0.2, 0) is 0 Å². The van der Waals surface area contributed by atoms with Gasteiger partial charge in [0.25, 0.3) is 0 Å². The standard InChI is InChI=1S/C14H11ClN4/c1-9-5-6-10-3-2-4-11(14(10)16-9)17-13-8-7-12(15)18-19-13/h2-8H,1H3,(H,17,19). The molecule has 0 saturated heterocycles. The van der Waals surface area contributed by atoms with Crippen molar-refractivity contribution in [2.45, 2.75) is 6.92 Å². The minimum atomic E-state index is 0.373. The van der Waals surface area contributed by atoms with Gasteiger partial charge in [-0.1, -0.05) is 29.8 Å². The van der Waals surface area contributed by atoms with Crippen LogP contribution in [-0.4, -0.2) is 15.2 Å². The first kappa shape index (κ1) is 11.9. The van der Waals surface area contributed by atoms with Crippen molar-refractivity contribution in [2.75, 3.05) is 5.32 Å². The summed E-state index contributed by atoms with van der Waals surface area (Å²) in [6.45, 7) is 1.97. The van der Waals surface area contributed by atoms with Crippen LogP contribution in [0.1, 0.15) is 5.69 Å². The molecule has 0 saturated carbocycles. The number of hydrogen-bond acceptors (Lipinski definition) is 4. The van der Waals surface area contributed by atoms with Crippen molar-refractivity contribution in [3.63, 3.8) is 0 Å². The normalized spacial score (nSPS) is 10.6. The Bertz CT molecular complexity index is 725. The summed E-state index contributed by atoms with van der Waals surface area (Å²) in [4.78, 5) is 4.55. The molecular weight excluding hydrogens is 260 g/mol. The highest BCUT2D eigenvalue weighted by Crippen LogP contribution is 2.24. The van der Waals surface area contributed by atoms with Crippen LogP contribution < -0.4 is 5.32 Å². The van der Waals surface area contributed by atoms with Crippen LogP contribution in [0, 0.1) is 6.92 Å². The molecule has 3 rings (SSSR count). The number of nitrogens with zero attached hydrogens (tertiary/aromatic N) is 3. The second kappa shape index (κ2) is 4.82. The van der Waals surface area contributed by atoms with Crippen LogP contribution in [0.4, 0.5) is 11.5 Å². The fraction of sp³-hybridized carbons (Fsp3) is 0.0714. The van der Waals surface area contributed by atoms with Crippen LogP contribution in [0.5, 0.6) is 0 Å². The molecule has 19 heavy (non-hydrogen) atoms. The average Bonchev–Trinajstić information content (AvgIpc) is 2.42. The third-order valence-electron chi connectivity index (χ3n) is 2.75. The molecule has 0 bridgehead atoms. The van der Waals surface area contributed by atoms with Crippen molar-refractivity contribution in [2.24, 2.45) is 0 Å². The third kappa shape index (κ3) is 2.48. The van der Waals surface area contributed by atoms with Crippen LogP contribution in [0.15, 0.2) is 42.5 Å². The van der Waals surface area contributed by atoms with Crippen LogP contribution >= 0.6 is 11.6 Å². The first-order valence-electron chi connectivity index (χ1n) is 5.85. The minimum absolute atomic E-state index is 0.373. The second-order valence-corrected chi connectivity index (χ2v) is 4.58. The Morgan fingerprint density at radius 3 is 2.68 bits per heavy atom. The molecule has 5 heteroatoms. The topological polar surface area (TPSA) is 50.7 Å². The lowest BCUT2D eigenvalue weighted by atomic mass is 10.1. The van der Waals surface area contributed by atoms with E-state index >= 15 is 0 Å². The highest BCUT2D eigenvalue weighted by molar-refractivity contribution is 6.29. The first-order chi connectivity index (χ1) is 9.22. The van der Waals surface area contributed by atoms with E-state index < -0.39 is 0 Å². The van der Waals surface area contributed by atoms with Gasteiger partial charge in [0.2, 0.25) is 0 Å². The molecule has 3 aromatic rings. The van der Waals surface area contributed by atoms with Crippen molar-refractivity contribution >= 4 is 34.0 Å². The molecule has 0 unspecified atom stereocenters. The first-order valence-corrected chi connectivity index (χ1v) is 6.23. The van der Waals surface area contributed by atoms with E-state index in [4.69, 9.17) is 11.6 Å². The monoisotopic (exact) mass is 270 g/mol. The number of benzene rings is 1. The highest BCUT2D eigenvalue weighted by Gasteiger charge is 2.04. The van der Waals surface area contributed by atoms with E-state index in [1.165, 1.54) is 0 Å². The van der Waals surface area contributed by atoms with Crippen molar-refractivity contribution in [1.82, 2.24) is 15.2 Å². The number of hydrogen-bond donors (Lipinski definition) is 1. The minimum Gasteiger partial charge on any atom is -0.337 e. The Kier molecular flexibility index (Phi) is 3.01. The fourth-order valence-corrected chi connectivity index (χ4v) is 1.97. The maximum Gasteiger partial charge on any atom is 0.153 e. The number of fused-ring (bicyclic) bond motifs is 1. The van der Waals surface area contributed by atoms with Gasteiger partial charge in [-0.05, 0) is 31.2 Å². The van der Waals surface area contributed by atoms with Gasteiger partial charge in [0.1, 0.15) is 0 Å². The molecule has 0 fully saturated rings. The zero-order valence-electron chi connectivity index (χ0n) is 10.3. The quantitative estimate of drug-likeness (QED) is 0.771. The molecule has 0 aliphatic carbocycles. The molecule has 1 aromatic carbocycles. The predicted octanol–water partition coefficient (Wildman–Crippen LogP) is 3.73. The zero-order valence-corrected chi connectivity index (χ0v) is 11.0. The number of halogens is 1. The van der Waals surface area contributed by atoms with Crippen molar-refractivity contribution < 1.29 is 0 Å². The Hall–Kier alpha value is -2.20. The van der Waals surface area contributed by atoms with Gasteiger partial charge in [0.15, 0.2) is 11.0 Å². The van der Waals surface area contributed by atoms with E-state index in [2.05, 4.69) is 26.6 Å². The predicted molar refractivity (Wildman–Crippen MR) is 76.8 cm³/mol. The van der Waals surface area contributed by atoms with E-state index in [0.29, 0.717) is 11.0 Å². The van der Waals surface area contributed by atoms with Gasteiger partial charge in [-0.3, -0.25) is 4.98 Å². The van der Waals surface area contributed by atoms with Gasteiger partial charge in [0.05, 0.1) is 11.2 Å². The Morgan fingerprint density at radius 2 is 1.89 bits per heavy atom. The van der Waals surface area contributed by atoms with Crippen molar-refractivity contribution in [1.29, 1.82) is 0 Å². The molecule has 4 nitrogen and oxygen atoms in total. The summed E-state index contributed by atoms with van der Waals surface area (Å²) in [6, 6.07) is 13.5. The summed E-state index contributed by atoms with van der Waals surface area (Å²) in [5, 5.41) is 12.4.